The van der Waals surface area contributed by atoms with Gasteiger partial charge in [-0.3, -0.25) is 0 Å². The van der Waals surface area contributed by atoms with Gasteiger partial charge in [-0.25, -0.2) is 4.79 Å². The zero-order chi connectivity index (χ0) is 23.7. The van der Waals surface area contributed by atoms with Gasteiger partial charge in [0.1, 0.15) is 5.56 Å². The molecule has 0 aliphatic rings. The summed E-state index contributed by atoms with van der Waals surface area (Å²) in [7, 11) is -1.86. The van der Waals surface area contributed by atoms with Gasteiger partial charge in [0.25, 0.3) is 11.5 Å². The van der Waals surface area contributed by atoms with Gasteiger partial charge in [0.15, 0.2) is 8.32 Å². The number of ether oxygens (including phenoxy) is 2. The van der Waals surface area contributed by atoms with Crippen molar-refractivity contribution in [3.05, 3.63) is 11.1 Å². The molecule has 1 unspecified atom stereocenters. The van der Waals surface area contributed by atoms with Crippen LogP contribution < -0.4 is 9.64 Å². The van der Waals surface area contributed by atoms with Crippen LogP contribution in [0.25, 0.3) is 0 Å². The maximum Gasteiger partial charge on any atom is 0.432 e. The number of halogens is 6. The number of hydrogen-bond donors (Lipinski definition) is 0. The Labute approximate surface area is 171 Å². The molecule has 1 aromatic rings. The number of esters is 1. The van der Waals surface area contributed by atoms with Crippen LogP contribution >= 0.6 is 0 Å². The molecule has 0 aromatic carbocycles. The third-order valence-corrected chi connectivity index (χ3v) is 4.98. The number of alkyl halides is 6. The van der Waals surface area contributed by atoms with Gasteiger partial charge in [-0.15, -0.1) is 0 Å². The highest BCUT2D eigenvalue weighted by Gasteiger charge is 2.70. The quantitative estimate of drug-likeness (QED) is 0.308. The number of nitrogens with zero attached hydrogens (tertiary/aromatic N) is 1. The molecule has 0 aliphatic heterocycles. The van der Waals surface area contributed by atoms with E-state index in [0.29, 0.717) is 7.11 Å². The minimum atomic E-state index is -5.61. The first kappa shape index (κ1) is 26.1. The number of anilines is 1. The monoisotopic (exact) mass is 465 g/mol. The molecule has 0 N–H and O–H groups in total. The van der Waals surface area contributed by atoms with Crippen molar-refractivity contribution in [1.82, 2.24) is 0 Å². The highest BCUT2D eigenvalue weighted by molar-refractivity contribution is 6.70. The predicted octanol–water partition coefficient (Wildman–Crippen LogP) is 4.94. The lowest BCUT2D eigenvalue weighted by atomic mass is 9.90. The van der Waals surface area contributed by atoms with Crippen LogP contribution in [-0.2, 0) is 25.7 Å². The Bertz CT molecular complexity index is 752. The van der Waals surface area contributed by atoms with Gasteiger partial charge in [0, 0.05) is 13.1 Å². The Kier molecular flexibility index (Phi) is 7.57. The summed E-state index contributed by atoms with van der Waals surface area (Å²) >= 11 is 0. The van der Waals surface area contributed by atoms with Crippen molar-refractivity contribution in [3.8, 4) is 5.95 Å². The Hall–Kier alpha value is -1.89. The summed E-state index contributed by atoms with van der Waals surface area (Å²) < 4.78 is 105. The minimum absolute atomic E-state index is 0.0144. The van der Waals surface area contributed by atoms with Gasteiger partial charge in [-0.1, -0.05) is 0 Å². The van der Waals surface area contributed by atoms with Crippen LogP contribution in [0.3, 0.4) is 0 Å². The molecule has 0 amide bonds. The summed E-state index contributed by atoms with van der Waals surface area (Å²) in [6.45, 7) is 6.89. The molecule has 1 aromatic heterocycles. The standard InChI is InChI=1S/C17H25F6NO5Si/c1-8-24(9-2)12-10(11(16(18,19)20)13(26-3)28-12)15(14(25)27-4,17(21,22)23)29-30(5,6)7/h8-9H2,1-7H3. The molecular formula is C17H25F6NO5Si. The molecular weight excluding hydrogens is 440 g/mol. The van der Waals surface area contributed by atoms with Crippen molar-refractivity contribution in [2.24, 2.45) is 0 Å². The van der Waals surface area contributed by atoms with E-state index >= 15 is 0 Å². The van der Waals surface area contributed by atoms with Crippen molar-refractivity contribution >= 4 is 20.2 Å². The second-order valence-electron chi connectivity index (χ2n) is 7.20. The summed E-state index contributed by atoms with van der Waals surface area (Å²) in [5, 5.41) is 0. The van der Waals surface area contributed by atoms with Gasteiger partial charge >= 0.3 is 18.3 Å². The molecule has 174 valence electrons. The molecule has 0 fully saturated rings. The van der Waals surface area contributed by atoms with Crippen LogP contribution in [0.4, 0.5) is 32.2 Å². The molecule has 1 atom stereocenters. The van der Waals surface area contributed by atoms with Gasteiger partial charge in [-0.05, 0) is 33.5 Å². The first-order chi connectivity index (χ1) is 13.5. The topological polar surface area (TPSA) is 61.1 Å². The smallest absolute Gasteiger partial charge is 0.432 e. The number of carbonyl (C=O) groups excluding carboxylic acids is 1. The van der Waals surface area contributed by atoms with Crippen LogP contribution in [0.15, 0.2) is 4.42 Å². The molecule has 0 saturated heterocycles. The average Bonchev–Trinajstić information content (AvgIpc) is 2.98. The fourth-order valence-electron chi connectivity index (χ4n) is 2.97. The maximum atomic E-state index is 14.5. The summed E-state index contributed by atoms with van der Waals surface area (Å²) in [4.78, 5) is 13.7. The third kappa shape index (κ3) is 4.71. The average molecular weight is 465 g/mol. The Morgan fingerprint density at radius 2 is 1.50 bits per heavy atom. The van der Waals surface area contributed by atoms with E-state index in [4.69, 9.17) is 8.84 Å². The SMILES string of the molecule is CCN(CC)c1oc(OC)c(C(F)(F)F)c1C(O[Si](C)(C)C)(C(=O)OC)C(F)(F)F. The van der Waals surface area contributed by atoms with Gasteiger partial charge < -0.3 is 23.2 Å². The zero-order valence-corrected chi connectivity index (χ0v) is 18.7. The van der Waals surface area contributed by atoms with Crippen LogP contribution in [0, 0.1) is 0 Å². The highest BCUT2D eigenvalue weighted by atomic mass is 28.4. The molecule has 6 nitrogen and oxygen atoms in total. The van der Waals surface area contributed by atoms with Crippen LogP contribution in [0.5, 0.6) is 5.95 Å². The van der Waals surface area contributed by atoms with E-state index in [2.05, 4.69) is 9.47 Å². The molecule has 0 saturated carbocycles. The zero-order valence-electron chi connectivity index (χ0n) is 17.7. The minimum Gasteiger partial charge on any atom is -0.468 e. The molecule has 0 aliphatic carbocycles. The molecule has 13 heteroatoms. The van der Waals surface area contributed by atoms with Crippen molar-refractivity contribution < 1.29 is 49.5 Å². The van der Waals surface area contributed by atoms with Gasteiger partial charge in [0.2, 0.25) is 5.88 Å². The van der Waals surface area contributed by atoms with Crippen molar-refractivity contribution in [1.29, 1.82) is 0 Å². The molecule has 0 radical (unpaired) electrons. The van der Waals surface area contributed by atoms with Crippen LogP contribution in [0.2, 0.25) is 19.6 Å². The number of methoxy groups -OCH3 is 2. The van der Waals surface area contributed by atoms with E-state index in [1.54, 1.807) is 0 Å². The summed E-state index contributed by atoms with van der Waals surface area (Å²) in [5.74, 6) is -4.08. The molecule has 1 heterocycles. The van der Waals surface area contributed by atoms with E-state index < -0.39 is 55.2 Å². The molecule has 30 heavy (non-hydrogen) atoms. The number of rotatable bonds is 8. The predicted molar refractivity (Wildman–Crippen MR) is 98.0 cm³/mol. The number of furan rings is 1. The first-order valence-corrected chi connectivity index (χ1v) is 12.3. The summed E-state index contributed by atoms with van der Waals surface area (Å²) in [6.07, 6.45) is -11.0. The first-order valence-electron chi connectivity index (χ1n) is 8.90. The van der Waals surface area contributed by atoms with E-state index in [1.807, 2.05) is 0 Å². The van der Waals surface area contributed by atoms with Gasteiger partial charge in [0.05, 0.1) is 19.8 Å². The Balaban J connectivity index is 4.31. The van der Waals surface area contributed by atoms with Gasteiger partial charge in [-0.2, -0.15) is 26.3 Å². The fourth-order valence-corrected chi connectivity index (χ4v) is 4.19. The van der Waals surface area contributed by atoms with Crippen molar-refractivity contribution in [3.63, 3.8) is 0 Å². The largest absolute Gasteiger partial charge is 0.468 e. The lowest BCUT2D eigenvalue weighted by molar-refractivity contribution is -0.261. The maximum absolute atomic E-state index is 14.5. The summed E-state index contributed by atoms with van der Waals surface area (Å²) in [6, 6.07) is 0. The van der Waals surface area contributed by atoms with Crippen molar-refractivity contribution in [2.45, 2.75) is 51.4 Å². The summed E-state index contributed by atoms with van der Waals surface area (Å²) in [5.41, 5.74) is -7.49. The second-order valence-corrected chi connectivity index (χ2v) is 11.6. The van der Waals surface area contributed by atoms with Crippen LogP contribution in [-0.4, -0.2) is 47.8 Å². The van der Waals surface area contributed by atoms with E-state index in [9.17, 15) is 31.1 Å². The van der Waals surface area contributed by atoms with E-state index in [1.165, 1.54) is 33.5 Å². The number of carbonyl (C=O) groups is 1. The lowest BCUT2D eigenvalue weighted by Crippen LogP contribution is -2.57. The van der Waals surface area contributed by atoms with Crippen LogP contribution in [0.1, 0.15) is 25.0 Å². The molecule has 0 bridgehead atoms. The highest BCUT2D eigenvalue weighted by Crippen LogP contribution is 2.56. The Morgan fingerprint density at radius 3 is 1.80 bits per heavy atom. The van der Waals surface area contributed by atoms with E-state index in [-0.39, 0.29) is 13.1 Å². The molecule has 0 spiro atoms. The number of hydrogen-bond acceptors (Lipinski definition) is 6. The second kappa shape index (κ2) is 8.69. The third-order valence-electron chi connectivity index (χ3n) is 4.06. The molecule has 1 rings (SSSR count). The fraction of sp³-hybridized carbons (Fsp3) is 0.706. The van der Waals surface area contributed by atoms with Crippen molar-refractivity contribution in [2.75, 3.05) is 32.2 Å². The Morgan fingerprint density at radius 1 is 1.00 bits per heavy atom. The lowest BCUT2D eigenvalue weighted by Gasteiger charge is -2.39. The van der Waals surface area contributed by atoms with E-state index in [0.717, 1.165) is 12.0 Å². The normalized spacial score (nSPS) is 15.0.